The van der Waals surface area contributed by atoms with Crippen molar-refractivity contribution in [3.05, 3.63) is 44.6 Å². The Labute approximate surface area is 127 Å². The Bertz CT molecular complexity index is 750. The predicted molar refractivity (Wildman–Crippen MR) is 80.9 cm³/mol. The quantitative estimate of drug-likeness (QED) is 0.912. The molecule has 0 spiro atoms. The van der Waals surface area contributed by atoms with E-state index in [4.69, 9.17) is 10.5 Å². The number of hydrogen-bond donors (Lipinski definition) is 2. The third-order valence-corrected chi connectivity index (χ3v) is 4.59. The van der Waals surface area contributed by atoms with E-state index < -0.39 is 0 Å². The van der Waals surface area contributed by atoms with Crippen molar-refractivity contribution in [1.29, 1.82) is 5.26 Å². The van der Waals surface area contributed by atoms with Gasteiger partial charge in [0.15, 0.2) is 0 Å². The van der Waals surface area contributed by atoms with Gasteiger partial charge in [-0.25, -0.2) is 0 Å². The first kappa shape index (κ1) is 13.7. The number of rotatable bonds is 3. The Hall–Kier alpha value is -2.26. The number of fused-ring (bicyclic) bond motifs is 1. The number of H-pyrrole nitrogens is 1. The molecule has 0 aromatic carbocycles. The molecular weight excluding hydrogens is 284 g/mol. The number of hydrogen-bond acceptors (Lipinski definition) is 5. The van der Waals surface area contributed by atoms with Crippen LogP contribution in [0, 0.1) is 18.3 Å². The minimum Gasteiger partial charge on any atom is -0.420 e. The molecule has 3 heterocycles. The van der Waals surface area contributed by atoms with Gasteiger partial charge >= 0.3 is 0 Å². The van der Waals surface area contributed by atoms with Crippen LogP contribution >= 0.6 is 11.3 Å². The van der Waals surface area contributed by atoms with Crippen LogP contribution in [0.5, 0.6) is 5.88 Å². The van der Waals surface area contributed by atoms with E-state index in [1.807, 2.05) is 11.4 Å². The third-order valence-electron chi connectivity index (χ3n) is 3.73. The number of nitrogens with zero attached hydrogens (tertiary/aromatic N) is 2. The highest BCUT2D eigenvalue weighted by Gasteiger charge is 2.35. The number of aryl methyl sites for hydroxylation is 2. The molecule has 21 heavy (non-hydrogen) atoms. The fourth-order valence-electron chi connectivity index (χ4n) is 2.75. The molecule has 3 rings (SSSR count). The number of thiophene rings is 1. The number of ether oxygens (including phenoxy) is 1. The van der Waals surface area contributed by atoms with Gasteiger partial charge in [-0.2, -0.15) is 5.26 Å². The first-order valence-electron chi connectivity index (χ1n) is 6.86. The number of aromatic amines is 1. The van der Waals surface area contributed by atoms with Gasteiger partial charge in [0.1, 0.15) is 11.6 Å². The molecule has 108 valence electrons. The summed E-state index contributed by atoms with van der Waals surface area (Å²) in [5, 5.41) is 18.8. The van der Waals surface area contributed by atoms with E-state index >= 15 is 0 Å². The maximum Gasteiger partial charge on any atom is 0.244 e. The molecule has 0 unspecified atom stereocenters. The Balaban J connectivity index is 2.22. The van der Waals surface area contributed by atoms with Crippen LogP contribution in [0.4, 0.5) is 0 Å². The van der Waals surface area contributed by atoms with Crippen molar-refractivity contribution < 1.29 is 4.74 Å². The number of allylic oxidation sites excluding steroid dienone is 1. The standard InChI is InChI=1S/C15H16N4OS/c1-3-4-11-13-12(9-5-6-21-8(9)2)10(7-16)14(17)20-15(13)19-18-11/h5-6,12H,3-4,17H2,1-2H3,(H,18,19)/t12-/m1/s1. The molecule has 2 aromatic rings. The minimum absolute atomic E-state index is 0.148. The van der Waals surface area contributed by atoms with Crippen LogP contribution in [0.1, 0.15) is 41.0 Å². The Morgan fingerprint density at radius 3 is 3.00 bits per heavy atom. The molecular formula is C15H16N4OS. The first-order valence-corrected chi connectivity index (χ1v) is 7.74. The van der Waals surface area contributed by atoms with Crippen molar-refractivity contribution in [3.8, 4) is 11.9 Å². The Kier molecular flexibility index (Phi) is 3.43. The lowest BCUT2D eigenvalue weighted by atomic mass is 9.84. The zero-order valence-electron chi connectivity index (χ0n) is 11.9. The highest BCUT2D eigenvalue weighted by Crippen LogP contribution is 2.44. The second kappa shape index (κ2) is 5.26. The fraction of sp³-hybridized carbons (Fsp3) is 0.333. The van der Waals surface area contributed by atoms with Crippen molar-refractivity contribution in [2.75, 3.05) is 0 Å². The van der Waals surface area contributed by atoms with Crippen molar-refractivity contribution in [2.45, 2.75) is 32.6 Å². The van der Waals surface area contributed by atoms with Crippen LogP contribution in [0.15, 0.2) is 22.9 Å². The highest BCUT2D eigenvalue weighted by molar-refractivity contribution is 7.10. The Morgan fingerprint density at radius 2 is 2.38 bits per heavy atom. The molecule has 0 saturated carbocycles. The summed E-state index contributed by atoms with van der Waals surface area (Å²) in [6.07, 6.45) is 1.86. The van der Waals surface area contributed by atoms with Gasteiger partial charge in [-0.3, -0.25) is 5.10 Å². The van der Waals surface area contributed by atoms with Gasteiger partial charge in [-0.1, -0.05) is 13.3 Å². The summed E-state index contributed by atoms with van der Waals surface area (Å²) in [6, 6.07) is 4.26. The lowest BCUT2D eigenvalue weighted by Gasteiger charge is -2.23. The topological polar surface area (TPSA) is 87.7 Å². The van der Waals surface area contributed by atoms with Crippen molar-refractivity contribution in [2.24, 2.45) is 5.73 Å². The van der Waals surface area contributed by atoms with E-state index in [1.54, 1.807) is 11.3 Å². The lowest BCUT2D eigenvalue weighted by Crippen LogP contribution is -2.21. The second-order valence-electron chi connectivity index (χ2n) is 5.03. The summed E-state index contributed by atoms with van der Waals surface area (Å²) < 4.78 is 5.53. The van der Waals surface area contributed by atoms with Gasteiger partial charge in [0.05, 0.1) is 5.92 Å². The van der Waals surface area contributed by atoms with Gasteiger partial charge < -0.3 is 10.5 Å². The van der Waals surface area contributed by atoms with Crippen LogP contribution in [-0.4, -0.2) is 10.2 Å². The van der Waals surface area contributed by atoms with Crippen LogP contribution in [0.2, 0.25) is 0 Å². The van der Waals surface area contributed by atoms with Crippen molar-refractivity contribution in [1.82, 2.24) is 10.2 Å². The summed E-state index contributed by atoms with van der Waals surface area (Å²) in [5.74, 6) is 0.450. The number of nitrogens with two attached hydrogens (primary N) is 1. The summed E-state index contributed by atoms with van der Waals surface area (Å²) >= 11 is 1.66. The third kappa shape index (κ3) is 2.10. The van der Waals surface area contributed by atoms with E-state index in [9.17, 15) is 5.26 Å². The summed E-state index contributed by atoms with van der Waals surface area (Å²) in [4.78, 5) is 1.18. The molecule has 3 N–H and O–H groups in total. The van der Waals surface area contributed by atoms with Gasteiger partial charge in [-0.15, -0.1) is 16.4 Å². The molecule has 1 aliphatic rings. The van der Waals surface area contributed by atoms with Gasteiger partial charge in [0, 0.05) is 16.1 Å². The van der Waals surface area contributed by atoms with Crippen LogP contribution in [0.3, 0.4) is 0 Å². The summed E-state index contributed by atoms with van der Waals surface area (Å²) in [7, 11) is 0. The van der Waals surface area contributed by atoms with E-state index in [-0.39, 0.29) is 11.8 Å². The fourth-order valence-corrected chi connectivity index (χ4v) is 3.50. The predicted octanol–water partition coefficient (Wildman–Crippen LogP) is 2.95. The maximum atomic E-state index is 9.51. The molecule has 0 saturated heterocycles. The maximum absolute atomic E-state index is 9.51. The van der Waals surface area contributed by atoms with Crippen LogP contribution in [-0.2, 0) is 6.42 Å². The second-order valence-corrected chi connectivity index (χ2v) is 6.15. The normalized spacial score (nSPS) is 17.3. The number of aromatic nitrogens is 2. The molecule has 0 radical (unpaired) electrons. The molecule has 0 fully saturated rings. The van der Waals surface area contributed by atoms with E-state index in [1.165, 1.54) is 4.88 Å². The molecule has 0 amide bonds. The SMILES string of the molecule is CCCc1[nH]nc2c1[C@H](c1ccsc1C)C(C#N)=C(N)O2. The largest absolute Gasteiger partial charge is 0.420 e. The highest BCUT2D eigenvalue weighted by atomic mass is 32.1. The average molecular weight is 300 g/mol. The lowest BCUT2D eigenvalue weighted by molar-refractivity contribution is 0.378. The van der Waals surface area contributed by atoms with E-state index in [0.717, 1.165) is 29.7 Å². The summed E-state index contributed by atoms with van der Waals surface area (Å²) in [6.45, 7) is 4.16. The first-order chi connectivity index (χ1) is 10.2. The van der Waals surface area contributed by atoms with Crippen LogP contribution < -0.4 is 10.5 Å². The minimum atomic E-state index is -0.190. The zero-order valence-corrected chi connectivity index (χ0v) is 12.8. The monoisotopic (exact) mass is 300 g/mol. The summed E-state index contributed by atoms with van der Waals surface area (Å²) in [5.41, 5.74) is 9.44. The van der Waals surface area contributed by atoms with Gasteiger partial charge in [0.25, 0.3) is 0 Å². The molecule has 1 aliphatic heterocycles. The number of nitrogens with one attached hydrogen (secondary N) is 1. The number of nitriles is 1. The van der Waals surface area contributed by atoms with Crippen molar-refractivity contribution in [3.63, 3.8) is 0 Å². The van der Waals surface area contributed by atoms with Crippen LogP contribution in [0.25, 0.3) is 0 Å². The van der Waals surface area contributed by atoms with E-state index in [0.29, 0.717) is 11.5 Å². The molecule has 0 aliphatic carbocycles. The average Bonchev–Trinajstić information content (AvgIpc) is 3.05. The van der Waals surface area contributed by atoms with Gasteiger partial charge in [-0.05, 0) is 30.4 Å². The molecule has 6 heteroatoms. The smallest absolute Gasteiger partial charge is 0.244 e. The Morgan fingerprint density at radius 1 is 1.57 bits per heavy atom. The van der Waals surface area contributed by atoms with Gasteiger partial charge in [0.2, 0.25) is 11.8 Å². The zero-order chi connectivity index (χ0) is 15.0. The molecule has 0 bridgehead atoms. The molecule has 2 aromatic heterocycles. The molecule has 1 atom stereocenters. The molecule has 5 nitrogen and oxygen atoms in total. The van der Waals surface area contributed by atoms with E-state index in [2.05, 4.69) is 30.1 Å². The van der Waals surface area contributed by atoms with Crippen molar-refractivity contribution >= 4 is 11.3 Å².